The van der Waals surface area contributed by atoms with Crippen LogP contribution in [-0.4, -0.2) is 34.3 Å². The van der Waals surface area contributed by atoms with Crippen molar-refractivity contribution in [1.82, 2.24) is 4.90 Å². The molecular weight excluding hydrogens is 248 g/mol. The third-order valence-electron chi connectivity index (χ3n) is 2.63. The Bertz CT molecular complexity index is 425. The van der Waals surface area contributed by atoms with Crippen molar-refractivity contribution in [3.63, 3.8) is 0 Å². The second-order valence-corrected chi connectivity index (χ2v) is 5.38. The number of carboxylic acid groups (broad SMARTS) is 1. The van der Waals surface area contributed by atoms with E-state index in [4.69, 9.17) is 4.74 Å². The van der Waals surface area contributed by atoms with Gasteiger partial charge in [0.05, 0.1) is 6.04 Å². The average Bonchev–Trinajstić information content (AvgIpc) is 2.25. The summed E-state index contributed by atoms with van der Waals surface area (Å²) in [5.41, 5.74) is -0.497. The molecule has 0 unspecified atom stereocenters. The SMILES string of the molecule is C[C@@H](COc1cc[n+]([O-])cc1)N(C(=O)O)C(C)(C)C. The maximum absolute atomic E-state index is 11.3. The van der Waals surface area contributed by atoms with Gasteiger partial charge in [-0.05, 0) is 27.7 Å². The monoisotopic (exact) mass is 268 g/mol. The van der Waals surface area contributed by atoms with Gasteiger partial charge in [0.15, 0.2) is 12.4 Å². The molecule has 1 atom stereocenters. The standard InChI is InChI=1S/C13H20N2O4/c1-10(15(12(16)17)13(2,3)4)9-19-11-5-7-14(18)8-6-11/h5-8,10H,9H2,1-4H3,(H,16,17)/t10-/m0/s1. The van der Waals surface area contributed by atoms with Crippen molar-refractivity contribution in [2.24, 2.45) is 0 Å². The molecule has 0 saturated carbocycles. The highest BCUT2D eigenvalue weighted by atomic mass is 16.5. The molecular formula is C13H20N2O4. The van der Waals surface area contributed by atoms with Crippen LogP contribution >= 0.6 is 0 Å². The van der Waals surface area contributed by atoms with Crippen LogP contribution in [-0.2, 0) is 0 Å². The lowest BCUT2D eigenvalue weighted by Crippen LogP contribution is -2.52. The molecule has 0 aliphatic rings. The summed E-state index contributed by atoms with van der Waals surface area (Å²) in [5, 5.41) is 20.1. The van der Waals surface area contributed by atoms with Gasteiger partial charge in [0.2, 0.25) is 0 Å². The maximum atomic E-state index is 11.3. The molecule has 6 nitrogen and oxygen atoms in total. The van der Waals surface area contributed by atoms with E-state index in [1.807, 2.05) is 20.8 Å². The number of hydrogen-bond acceptors (Lipinski definition) is 3. The molecule has 1 aromatic heterocycles. The van der Waals surface area contributed by atoms with Crippen molar-refractivity contribution >= 4 is 6.09 Å². The summed E-state index contributed by atoms with van der Waals surface area (Å²) in [5.74, 6) is 0.540. The number of rotatable bonds is 4. The van der Waals surface area contributed by atoms with E-state index in [2.05, 4.69) is 0 Å². The van der Waals surface area contributed by atoms with Crippen LogP contribution in [0.15, 0.2) is 24.5 Å². The van der Waals surface area contributed by atoms with Crippen LogP contribution in [0.1, 0.15) is 27.7 Å². The van der Waals surface area contributed by atoms with Crippen LogP contribution in [0, 0.1) is 5.21 Å². The van der Waals surface area contributed by atoms with Crippen LogP contribution in [0.5, 0.6) is 5.75 Å². The summed E-state index contributed by atoms with van der Waals surface area (Å²) in [6, 6.07) is 2.79. The quantitative estimate of drug-likeness (QED) is 0.668. The molecule has 6 heteroatoms. The molecule has 0 bridgehead atoms. The largest absolute Gasteiger partial charge is 0.619 e. The first-order chi connectivity index (χ1) is 8.71. The van der Waals surface area contributed by atoms with E-state index < -0.39 is 11.6 Å². The second kappa shape index (κ2) is 5.77. The highest BCUT2D eigenvalue weighted by molar-refractivity contribution is 5.66. The lowest BCUT2D eigenvalue weighted by Gasteiger charge is -2.37. The number of ether oxygens (including phenoxy) is 1. The molecule has 0 aliphatic heterocycles. The molecule has 0 radical (unpaired) electrons. The Kier molecular flexibility index (Phi) is 4.58. The first-order valence-electron chi connectivity index (χ1n) is 6.05. The first-order valence-corrected chi connectivity index (χ1v) is 6.05. The molecule has 1 N–H and O–H groups in total. The molecule has 0 aromatic carbocycles. The predicted molar refractivity (Wildman–Crippen MR) is 70.0 cm³/mol. The van der Waals surface area contributed by atoms with Crippen LogP contribution in [0.3, 0.4) is 0 Å². The fourth-order valence-corrected chi connectivity index (χ4v) is 1.92. The molecule has 19 heavy (non-hydrogen) atoms. The van der Waals surface area contributed by atoms with Crippen molar-refractivity contribution < 1.29 is 19.4 Å². The molecule has 1 rings (SSSR count). The Morgan fingerprint density at radius 1 is 1.47 bits per heavy atom. The number of carbonyl (C=O) groups is 1. The van der Waals surface area contributed by atoms with Crippen molar-refractivity contribution in [3.05, 3.63) is 29.7 Å². The summed E-state index contributed by atoms with van der Waals surface area (Å²) in [6.45, 7) is 7.52. The van der Waals surface area contributed by atoms with Gasteiger partial charge in [0.25, 0.3) is 0 Å². The van der Waals surface area contributed by atoms with E-state index >= 15 is 0 Å². The first kappa shape index (κ1) is 15.1. The Labute approximate surface area is 112 Å². The minimum absolute atomic E-state index is 0.229. The molecule has 0 aliphatic carbocycles. The molecule has 0 spiro atoms. The lowest BCUT2D eigenvalue weighted by molar-refractivity contribution is -0.605. The number of hydrogen-bond donors (Lipinski definition) is 1. The van der Waals surface area contributed by atoms with E-state index in [1.165, 1.54) is 17.3 Å². The van der Waals surface area contributed by atoms with Crippen LogP contribution in [0.25, 0.3) is 0 Å². The van der Waals surface area contributed by atoms with Gasteiger partial charge < -0.3 is 15.1 Å². The molecule has 106 valence electrons. The molecule has 0 saturated heterocycles. The fraction of sp³-hybridized carbons (Fsp3) is 0.538. The van der Waals surface area contributed by atoms with E-state index in [0.717, 1.165) is 0 Å². The van der Waals surface area contributed by atoms with Gasteiger partial charge in [-0.25, -0.2) is 4.79 Å². The Morgan fingerprint density at radius 3 is 2.42 bits per heavy atom. The van der Waals surface area contributed by atoms with E-state index in [9.17, 15) is 15.1 Å². The average molecular weight is 268 g/mol. The number of amides is 1. The van der Waals surface area contributed by atoms with Gasteiger partial charge in [-0.2, -0.15) is 4.73 Å². The van der Waals surface area contributed by atoms with Crippen LogP contribution < -0.4 is 9.47 Å². The smallest absolute Gasteiger partial charge is 0.408 e. The third-order valence-corrected chi connectivity index (χ3v) is 2.63. The van der Waals surface area contributed by atoms with Gasteiger partial charge in [0, 0.05) is 17.7 Å². The summed E-state index contributed by atoms with van der Waals surface area (Å²) in [7, 11) is 0. The van der Waals surface area contributed by atoms with Crippen molar-refractivity contribution in [2.75, 3.05) is 6.61 Å². The summed E-state index contributed by atoms with van der Waals surface area (Å²) < 4.78 is 6.15. The third kappa shape index (κ3) is 4.31. The Hall–Kier alpha value is -1.98. The second-order valence-electron chi connectivity index (χ2n) is 5.38. The fourth-order valence-electron chi connectivity index (χ4n) is 1.92. The van der Waals surface area contributed by atoms with Gasteiger partial charge >= 0.3 is 6.09 Å². The zero-order valence-electron chi connectivity index (χ0n) is 11.7. The zero-order valence-corrected chi connectivity index (χ0v) is 11.7. The summed E-state index contributed by atoms with van der Waals surface area (Å²) in [4.78, 5) is 12.6. The lowest BCUT2D eigenvalue weighted by atomic mass is 10.0. The highest BCUT2D eigenvalue weighted by Gasteiger charge is 2.31. The number of aromatic nitrogens is 1. The Morgan fingerprint density at radius 2 is 2.00 bits per heavy atom. The van der Waals surface area contributed by atoms with E-state index in [-0.39, 0.29) is 12.6 Å². The Balaban J connectivity index is 2.65. The molecule has 0 fully saturated rings. The maximum Gasteiger partial charge on any atom is 0.408 e. The number of pyridine rings is 1. The van der Waals surface area contributed by atoms with Gasteiger partial charge in [-0.3, -0.25) is 4.90 Å². The number of nitrogens with zero attached hydrogens (tertiary/aromatic N) is 2. The van der Waals surface area contributed by atoms with Gasteiger partial charge in [-0.1, -0.05) is 0 Å². The molecule has 1 aromatic rings. The van der Waals surface area contributed by atoms with Gasteiger partial charge in [0.1, 0.15) is 12.4 Å². The summed E-state index contributed by atoms with van der Waals surface area (Å²) >= 11 is 0. The van der Waals surface area contributed by atoms with Gasteiger partial charge in [-0.15, -0.1) is 0 Å². The minimum Gasteiger partial charge on any atom is -0.619 e. The predicted octanol–water partition coefficient (Wildman–Crippen LogP) is 1.87. The van der Waals surface area contributed by atoms with Crippen LogP contribution in [0.2, 0.25) is 0 Å². The minimum atomic E-state index is -0.978. The highest BCUT2D eigenvalue weighted by Crippen LogP contribution is 2.18. The summed E-state index contributed by atoms with van der Waals surface area (Å²) in [6.07, 6.45) is 1.69. The van der Waals surface area contributed by atoms with E-state index in [0.29, 0.717) is 10.5 Å². The molecule has 1 amide bonds. The van der Waals surface area contributed by atoms with Crippen molar-refractivity contribution in [3.8, 4) is 5.75 Å². The van der Waals surface area contributed by atoms with E-state index in [1.54, 1.807) is 19.1 Å². The van der Waals surface area contributed by atoms with Crippen LogP contribution in [0.4, 0.5) is 4.79 Å². The zero-order chi connectivity index (χ0) is 14.6. The topological polar surface area (TPSA) is 76.7 Å². The van der Waals surface area contributed by atoms with Crippen molar-refractivity contribution in [1.29, 1.82) is 0 Å². The van der Waals surface area contributed by atoms with Crippen molar-refractivity contribution in [2.45, 2.75) is 39.3 Å². The molecule has 1 heterocycles. The normalized spacial score (nSPS) is 12.8.